The second kappa shape index (κ2) is 7.19. The number of aliphatic imine (C=N–C) groups is 1. The number of methoxy groups -OCH3 is 1. The fourth-order valence-corrected chi connectivity index (χ4v) is 2.81. The van der Waals surface area contributed by atoms with Gasteiger partial charge in [-0.3, -0.25) is 0 Å². The van der Waals surface area contributed by atoms with E-state index in [9.17, 15) is 13.2 Å². The first kappa shape index (κ1) is 18.9. The SMILES string of the molecule is CCN(C)/C=N/c1cc(OC)c(C2(C(F)(F)F)CCCO2)cc1Cl. The van der Waals surface area contributed by atoms with Crippen molar-refractivity contribution in [2.75, 3.05) is 27.3 Å². The number of alkyl halides is 3. The Bertz CT molecular complexity index is 614. The van der Waals surface area contributed by atoms with E-state index >= 15 is 0 Å². The first-order chi connectivity index (χ1) is 11.2. The minimum atomic E-state index is -4.56. The number of hydrogen-bond donors (Lipinski definition) is 0. The van der Waals surface area contributed by atoms with Gasteiger partial charge in [0, 0.05) is 31.8 Å². The third kappa shape index (κ3) is 3.47. The lowest BCUT2D eigenvalue weighted by Gasteiger charge is -2.32. The van der Waals surface area contributed by atoms with Crippen molar-refractivity contribution in [2.45, 2.75) is 31.5 Å². The van der Waals surface area contributed by atoms with Crippen LogP contribution < -0.4 is 4.74 Å². The number of hydrogen-bond acceptors (Lipinski definition) is 3. The van der Waals surface area contributed by atoms with Gasteiger partial charge in [-0.05, 0) is 25.8 Å². The Hall–Kier alpha value is -1.47. The van der Waals surface area contributed by atoms with Gasteiger partial charge in [-0.2, -0.15) is 13.2 Å². The summed E-state index contributed by atoms with van der Waals surface area (Å²) in [6.45, 7) is 2.73. The lowest BCUT2D eigenvalue weighted by Crippen LogP contribution is -2.42. The maximum atomic E-state index is 13.7. The molecular weight excluding hydrogens is 345 g/mol. The molecule has 1 aromatic carbocycles. The highest BCUT2D eigenvalue weighted by Crippen LogP contribution is 2.52. The molecule has 0 aliphatic carbocycles. The highest BCUT2D eigenvalue weighted by Gasteiger charge is 2.60. The van der Waals surface area contributed by atoms with E-state index in [4.69, 9.17) is 21.1 Å². The van der Waals surface area contributed by atoms with E-state index in [1.54, 1.807) is 6.34 Å². The van der Waals surface area contributed by atoms with Gasteiger partial charge in [0.1, 0.15) is 5.75 Å². The van der Waals surface area contributed by atoms with E-state index < -0.39 is 11.8 Å². The Morgan fingerprint density at radius 1 is 1.46 bits per heavy atom. The molecule has 1 saturated heterocycles. The second-order valence-electron chi connectivity index (χ2n) is 5.60. The Morgan fingerprint density at radius 2 is 2.17 bits per heavy atom. The van der Waals surface area contributed by atoms with Crippen LogP contribution in [0.5, 0.6) is 5.75 Å². The average molecular weight is 365 g/mol. The van der Waals surface area contributed by atoms with Crippen molar-refractivity contribution in [3.05, 3.63) is 22.7 Å². The van der Waals surface area contributed by atoms with Gasteiger partial charge in [0.2, 0.25) is 0 Å². The van der Waals surface area contributed by atoms with Gasteiger partial charge in [-0.1, -0.05) is 11.6 Å². The molecule has 0 radical (unpaired) electrons. The van der Waals surface area contributed by atoms with E-state index in [1.807, 2.05) is 18.9 Å². The van der Waals surface area contributed by atoms with Crippen LogP contribution in [0.25, 0.3) is 0 Å². The smallest absolute Gasteiger partial charge is 0.421 e. The number of halogens is 4. The van der Waals surface area contributed by atoms with Crippen LogP contribution in [0.3, 0.4) is 0 Å². The van der Waals surface area contributed by atoms with Crippen LogP contribution in [0.2, 0.25) is 5.02 Å². The Balaban J connectivity index is 2.52. The highest BCUT2D eigenvalue weighted by atomic mass is 35.5. The Kier molecular flexibility index (Phi) is 5.65. The standard InChI is InChI=1S/C16H20ClF3N2O2/c1-4-22(2)10-21-13-9-14(23-3)11(8-12(13)17)15(16(18,19)20)6-5-7-24-15/h8-10H,4-7H2,1-3H3/b21-10+. The van der Waals surface area contributed by atoms with Gasteiger partial charge in [0.05, 0.1) is 24.2 Å². The maximum absolute atomic E-state index is 13.7. The van der Waals surface area contributed by atoms with Gasteiger partial charge in [-0.25, -0.2) is 4.99 Å². The maximum Gasteiger partial charge on any atom is 0.421 e. The van der Waals surface area contributed by atoms with Gasteiger partial charge in [-0.15, -0.1) is 0 Å². The summed E-state index contributed by atoms with van der Waals surface area (Å²) in [5.74, 6) is 0.0601. The molecule has 2 rings (SSSR count). The van der Waals surface area contributed by atoms with Crippen molar-refractivity contribution >= 4 is 23.6 Å². The largest absolute Gasteiger partial charge is 0.496 e. The summed E-state index contributed by atoms with van der Waals surface area (Å²) in [5.41, 5.74) is -2.15. The van der Waals surface area contributed by atoms with Gasteiger partial charge >= 0.3 is 6.18 Å². The van der Waals surface area contributed by atoms with Gasteiger partial charge in [0.15, 0.2) is 5.60 Å². The van der Waals surface area contributed by atoms with Crippen LogP contribution in [0.15, 0.2) is 17.1 Å². The molecule has 0 spiro atoms. The molecule has 24 heavy (non-hydrogen) atoms. The molecule has 4 nitrogen and oxygen atoms in total. The van der Waals surface area contributed by atoms with Crippen molar-refractivity contribution in [1.29, 1.82) is 0 Å². The molecule has 1 aromatic rings. The van der Waals surface area contributed by atoms with Crippen LogP contribution in [0.1, 0.15) is 25.3 Å². The average Bonchev–Trinajstić information content (AvgIpc) is 3.03. The number of nitrogens with zero attached hydrogens (tertiary/aromatic N) is 2. The molecule has 0 N–H and O–H groups in total. The fraction of sp³-hybridized carbons (Fsp3) is 0.562. The third-order valence-corrected chi connectivity index (χ3v) is 4.38. The molecule has 0 aromatic heterocycles. The normalized spacial score (nSPS) is 21.5. The van der Waals surface area contributed by atoms with Crippen LogP contribution in [-0.2, 0) is 10.3 Å². The zero-order valence-corrected chi connectivity index (χ0v) is 14.5. The minimum Gasteiger partial charge on any atom is -0.496 e. The summed E-state index contributed by atoms with van der Waals surface area (Å²) in [5, 5.41) is 0.116. The molecule has 1 heterocycles. The third-order valence-electron chi connectivity index (χ3n) is 4.08. The molecule has 0 bridgehead atoms. The molecule has 0 saturated carbocycles. The van der Waals surface area contributed by atoms with Crippen molar-refractivity contribution in [1.82, 2.24) is 4.90 Å². The first-order valence-electron chi connectivity index (χ1n) is 7.58. The topological polar surface area (TPSA) is 34.1 Å². The first-order valence-corrected chi connectivity index (χ1v) is 7.96. The Labute approximate surface area is 144 Å². The summed E-state index contributed by atoms with van der Waals surface area (Å²) < 4.78 is 51.4. The second-order valence-corrected chi connectivity index (χ2v) is 6.01. The summed E-state index contributed by atoms with van der Waals surface area (Å²) in [6.07, 6.45) is -2.84. The van der Waals surface area contributed by atoms with E-state index in [0.717, 1.165) is 6.54 Å². The summed E-state index contributed by atoms with van der Waals surface area (Å²) in [7, 11) is 3.14. The lowest BCUT2D eigenvalue weighted by molar-refractivity contribution is -0.269. The summed E-state index contributed by atoms with van der Waals surface area (Å²) in [6, 6.07) is 2.66. The van der Waals surface area contributed by atoms with Crippen LogP contribution in [-0.4, -0.2) is 44.7 Å². The quantitative estimate of drug-likeness (QED) is 0.568. The zero-order chi connectivity index (χ0) is 18.0. The summed E-state index contributed by atoms with van der Waals surface area (Å²) >= 11 is 6.16. The van der Waals surface area contributed by atoms with Crippen molar-refractivity contribution in [3.63, 3.8) is 0 Å². The predicted octanol–water partition coefficient (Wildman–Crippen LogP) is 4.53. The molecule has 0 amide bonds. The number of benzene rings is 1. The molecule has 1 fully saturated rings. The molecule has 134 valence electrons. The van der Waals surface area contributed by atoms with E-state index in [-0.39, 0.29) is 29.4 Å². The highest BCUT2D eigenvalue weighted by molar-refractivity contribution is 6.33. The van der Waals surface area contributed by atoms with Crippen LogP contribution in [0.4, 0.5) is 18.9 Å². The fourth-order valence-electron chi connectivity index (χ4n) is 2.60. The minimum absolute atomic E-state index is 0.0431. The van der Waals surface area contributed by atoms with Gasteiger partial charge < -0.3 is 14.4 Å². The van der Waals surface area contributed by atoms with Gasteiger partial charge in [0.25, 0.3) is 0 Å². The molecule has 1 unspecified atom stereocenters. The lowest BCUT2D eigenvalue weighted by atomic mass is 9.89. The molecule has 1 aliphatic rings. The van der Waals surface area contributed by atoms with Crippen molar-refractivity contribution in [2.24, 2.45) is 4.99 Å². The van der Waals surface area contributed by atoms with E-state index in [0.29, 0.717) is 12.1 Å². The van der Waals surface area contributed by atoms with Crippen LogP contribution >= 0.6 is 11.6 Å². The van der Waals surface area contributed by atoms with E-state index in [2.05, 4.69) is 4.99 Å². The number of ether oxygens (including phenoxy) is 2. The van der Waals surface area contributed by atoms with Crippen molar-refractivity contribution < 1.29 is 22.6 Å². The number of rotatable bonds is 5. The van der Waals surface area contributed by atoms with Crippen LogP contribution in [0, 0.1) is 0 Å². The molecule has 1 aliphatic heterocycles. The molecular formula is C16H20ClF3N2O2. The predicted molar refractivity (Wildman–Crippen MR) is 87.4 cm³/mol. The van der Waals surface area contributed by atoms with E-state index in [1.165, 1.54) is 19.2 Å². The molecule has 8 heteroatoms. The molecule has 1 atom stereocenters. The monoisotopic (exact) mass is 364 g/mol. The van der Waals surface area contributed by atoms with Crippen molar-refractivity contribution in [3.8, 4) is 5.75 Å². The summed E-state index contributed by atoms with van der Waals surface area (Å²) in [4.78, 5) is 6.02. The Morgan fingerprint density at radius 3 is 2.67 bits per heavy atom. The zero-order valence-electron chi connectivity index (χ0n) is 13.8.